The van der Waals surface area contributed by atoms with Crippen LogP contribution in [0.3, 0.4) is 0 Å². The van der Waals surface area contributed by atoms with Gasteiger partial charge in [-0.2, -0.15) is 28.6 Å². The van der Waals surface area contributed by atoms with E-state index in [1.165, 1.54) is 18.5 Å². The second kappa shape index (κ2) is 5.58. The first-order valence-corrected chi connectivity index (χ1v) is 6.40. The fourth-order valence-corrected chi connectivity index (χ4v) is 2.07. The van der Waals surface area contributed by atoms with Crippen LogP contribution in [0.2, 0.25) is 0 Å². The van der Waals surface area contributed by atoms with Crippen LogP contribution < -0.4 is 5.32 Å². The van der Waals surface area contributed by atoms with Gasteiger partial charge in [-0.15, -0.1) is 0 Å². The molecule has 9 heteroatoms. The van der Waals surface area contributed by atoms with Gasteiger partial charge in [0.15, 0.2) is 0 Å². The van der Waals surface area contributed by atoms with Crippen molar-refractivity contribution in [2.24, 2.45) is 0 Å². The van der Waals surface area contributed by atoms with Gasteiger partial charge in [0, 0.05) is 5.39 Å². The molecule has 22 heavy (non-hydrogen) atoms. The standard InChI is InChI=1S/C13H11F3N6/c14-13(15,16)4-8-1-2-11-10(3-8)12(19-7-18-11)17-5-9-6-20-22-21-9/h1-3,6-7H,4-5H2,(H,17,18,19)(H,20,21,22). The summed E-state index contributed by atoms with van der Waals surface area (Å²) in [5.41, 5.74) is 1.40. The van der Waals surface area contributed by atoms with Crippen LogP contribution in [-0.2, 0) is 13.0 Å². The summed E-state index contributed by atoms with van der Waals surface area (Å²) < 4.78 is 37.5. The molecule has 2 N–H and O–H groups in total. The van der Waals surface area contributed by atoms with E-state index in [1.54, 1.807) is 12.3 Å². The number of anilines is 1. The molecular weight excluding hydrogens is 297 g/mol. The zero-order chi connectivity index (χ0) is 15.6. The van der Waals surface area contributed by atoms with E-state index in [4.69, 9.17) is 0 Å². The predicted molar refractivity (Wildman–Crippen MR) is 73.0 cm³/mol. The second-order valence-corrected chi connectivity index (χ2v) is 4.68. The predicted octanol–water partition coefficient (Wildman–Crippen LogP) is 2.46. The Balaban J connectivity index is 1.90. The SMILES string of the molecule is FC(F)(F)Cc1ccc2ncnc(NCc3cn[nH]n3)c2c1. The van der Waals surface area contributed by atoms with Crippen LogP contribution in [0.4, 0.5) is 19.0 Å². The van der Waals surface area contributed by atoms with E-state index in [0.29, 0.717) is 29.0 Å². The van der Waals surface area contributed by atoms with Crippen molar-refractivity contribution in [3.8, 4) is 0 Å². The zero-order valence-electron chi connectivity index (χ0n) is 11.2. The smallest absolute Gasteiger partial charge is 0.364 e. The van der Waals surface area contributed by atoms with Gasteiger partial charge in [0.05, 0.1) is 24.7 Å². The number of nitrogens with zero attached hydrogens (tertiary/aromatic N) is 4. The molecular formula is C13H11F3N6. The molecule has 0 spiro atoms. The van der Waals surface area contributed by atoms with Gasteiger partial charge in [0.2, 0.25) is 0 Å². The average Bonchev–Trinajstić information content (AvgIpc) is 2.96. The van der Waals surface area contributed by atoms with Crippen molar-refractivity contribution < 1.29 is 13.2 Å². The topological polar surface area (TPSA) is 79.4 Å². The molecule has 1 aromatic carbocycles. The number of alkyl halides is 3. The van der Waals surface area contributed by atoms with Crippen molar-refractivity contribution in [2.75, 3.05) is 5.32 Å². The van der Waals surface area contributed by atoms with Gasteiger partial charge < -0.3 is 5.32 Å². The summed E-state index contributed by atoms with van der Waals surface area (Å²) in [7, 11) is 0. The maximum Gasteiger partial charge on any atom is 0.393 e. The molecule has 0 saturated carbocycles. The Morgan fingerprint density at radius 3 is 2.77 bits per heavy atom. The van der Waals surface area contributed by atoms with Gasteiger partial charge in [0.25, 0.3) is 0 Å². The molecule has 0 aliphatic rings. The molecule has 0 atom stereocenters. The van der Waals surface area contributed by atoms with Crippen molar-refractivity contribution in [1.29, 1.82) is 0 Å². The molecule has 0 saturated heterocycles. The Kier molecular flexibility index (Phi) is 3.61. The molecule has 6 nitrogen and oxygen atoms in total. The number of nitrogens with one attached hydrogen (secondary N) is 2. The Labute approximate surface area is 122 Å². The normalized spacial score (nSPS) is 11.8. The van der Waals surface area contributed by atoms with E-state index in [9.17, 15) is 13.2 Å². The molecule has 0 aliphatic carbocycles. The fourth-order valence-electron chi connectivity index (χ4n) is 2.07. The molecule has 114 valence electrons. The third-order valence-electron chi connectivity index (χ3n) is 3.01. The van der Waals surface area contributed by atoms with E-state index < -0.39 is 12.6 Å². The van der Waals surface area contributed by atoms with Crippen molar-refractivity contribution in [3.63, 3.8) is 0 Å². The maximum absolute atomic E-state index is 12.5. The highest BCUT2D eigenvalue weighted by molar-refractivity contribution is 5.89. The van der Waals surface area contributed by atoms with Crippen molar-refractivity contribution in [1.82, 2.24) is 25.4 Å². The van der Waals surface area contributed by atoms with E-state index in [2.05, 4.69) is 30.7 Å². The molecule has 0 bridgehead atoms. The molecule has 0 aliphatic heterocycles. The van der Waals surface area contributed by atoms with Gasteiger partial charge in [-0.25, -0.2) is 9.97 Å². The summed E-state index contributed by atoms with van der Waals surface area (Å²) in [6.07, 6.45) is -2.33. The van der Waals surface area contributed by atoms with Crippen molar-refractivity contribution >= 4 is 16.7 Å². The van der Waals surface area contributed by atoms with Crippen LogP contribution in [0.15, 0.2) is 30.7 Å². The van der Waals surface area contributed by atoms with E-state index in [0.717, 1.165) is 0 Å². The highest BCUT2D eigenvalue weighted by Gasteiger charge is 2.27. The fraction of sp³-hybridized carbons (Fsp3) is 0.231. The first-order chi connectivity index (χ1) is 10.5. The van der Waals surface area contributed by atoms with E-state index >= 15 is 0 Å². The number of hydrogen-bond acceptors (Lipinski definition) is 5. The lowest BCUT2D eigenvalue weighted by Gasteiger charge is -2.10. The third-order valence-corrected chi connectivity index (χ3v) is 3.01. The summed E-state index contributed by atoms with van der Waals surface area (Å²) in [6, 6.07) is 4.43. The third kappa shape index (κ3) is 3.30. The first-order valence-electron chi connectivity index (χ1n) is 6.40. The molecule has 0 fully saturated rings. The Bertz CT molecular complexity index is 769. The Hall–Kier alpha value is -2.71. The molecule has 3 aromatic rings. The van der Waals surface area contributed by atoms with Gasteiger partial charge in [-0.05, 0) is 17.7 Å². The van der Waals surface area contributed by atoms with Crippen LogP contribution in [0.5, 0.6) is 0 Å². The van der Waals surface area contributed by atoms with Crippen LogP contribution in [0.25, 0.3) is 10.9 Å². The number of hydrogen-bond donors (Lipinski definition) is 2. The van der Waals surface area contributed by atoms with E-state index in [-0.39, 0.29) is 5.56 Å². The van der Waals surface area contributed by atoms with Gasteiger partial charge in [0.1, 0.15) is 17.8 Å². The molecule has 2 aromatic heterocycles. The van der Waals surface area contributed by atoms with Gasteiger partial charge in [-0.1, -0.05) is 6.07 Å². The molecule has 0 radical (unpaired) electrons. The van der Waals surface area contributed by atoms with Crippen molar-refractivity contribution in [3.05, 3.63) is 42.0 Å². The molecule has 0 unspecified atom stereocenters. The maximum atomic E-state index is 12.5. The quantitative estimate of drug-likeness (QED) is 0.774. The summed E-state index contributed by atoms with van der Waals surface area (Å²) in [5.74, 6) is 0.456. The Morgan fingerprint density at radius 2 is 2.05 bits per heavy atom. The minimum atomic E-state index is -4.25. The minimum Gasteiger partial charge on any atom is -0.364 e. The van der Waals surface area contributed by atoms with Crippen molar-refractivity contribution in [2.45, 2.75) is 19.1 Å². The second-order valence-electron chi connectivity index (χ2n) is 4.68. The van der Waals surface area contributed by atoms with Crippen LogP contribution in [0.1, 0.15) is 11.3 Å². The number of aromatic amines is 1. The molecule has 3 rings (SSSR count). The number of halogens is 3. The lowest BCUT2D eigenvalue weighted by atomic mass is 10.1. The molecule has 0 amide bonds. The summed E-state index contributed by atoms with van der Waals surface area (Å²) in [4.78, 5) is 8.14. The Morgan fingerprint density at radius 1 is 1.18 bits per heavy atom. The van der Waals surface area contributed by atoms with Crippen LogP contribution in [-0.4, -0.2) is 31.6 Å². The van der Waals surface area contributed by atoms with Crippen LogP contribution in [0, 0.1) is 0 Å². The lowest BCUT2D eigenvalue weighted by molar-refractivity contribution is -0.127. The summed E-state index contributed by atoms with van der Waals surface area (Å²) >= 11 is 0. The number of aromatic nitrogens is 5. The van der Waals surface area contributed by atoms with Gasteiger partial charge in [-0.3, -0.25) is 0 Å². The number of benzene rings is 1. The monoisotopic (exact) mass is 308 g/mol. The number of H-pyrrole nitrogens is 1. The van der Waals surface area contributed by atoms with Crippen LogP contribution >= 0.6 is 0 Å². The zero-order valence-corrected chi connectivity index (χ0v) is 11.2. The minimum absolute atomic E-state index is 0.166. The number of fused-ring (bicyclic) bond motifs is 1. The lowest BCUT2D eigenvalue weighted by Crippen LogP contribution is -2.11. The highest BCUT2D eigenvalue weighted by Crippen LogP contribution is 2.26. The largest absolute Gasteiger partial charge is 0.393 e. The van der Waals surface area contributed by atoms with E-state index in [1.807, 2.05) is 0 Å². The first kappa shape index (κ1) is 14.2. The molecule has 2 heterocycles. The average molecular weight is 308 g/mol. The summed E-state index contributed by atoms with van der Waals surface area (Å²) in [6.45, 7) is 0.353. The van der Waals surface area contributed by atoms with Gasteiger partial charge >= 0.3 is 6.18 Å². The number of rotatable bonds is 4. The summed E-state index contributed by atoms with van der Waals surface area (Å²) in [5, 5.41) is 13.6. The highest BCUT2D eigenvalue weighted by atomic mass is 19.4.